The molecule has 0 N–H and O–H groups in total. The van der Waals surface area contributed by atoms with Crippen molar-refractivity contribution in [3.63, 3.8) is 0 Å². The van der Waals surface area contributed by atoms with Gasteiger partial charge in [-0.15, -0.1) is 0 Å². The van der Waals surface area contributed by atoms with Crippen LogP contribution in [-0.4, -0.2) is 31.1 Å². The van der Waals surface area contributed by atoms with Gasteiger partial charge < -0.3 is 0 Å². The zero-order valence-electron chi connectivity index (χ0n) is 7.61. The molecular weight excluding hydrogens is 176 g/mol. The van der Waals surface area contributed by atoms with Gasteiger partial charge in [0, 0.05) is 6.04 Å². The molecule has 0 bridgehead atoms. The van der Waals surface area contributed by atoms with E-state index in [0.29, 0.717) is 0 Å². The van der Waals surface area contributed by atoms with E-state index in [1.807, 2.05) is 6.07 Å². The molecule has 0 aromatic rings. The molecule has 0 atom stereocenters. The van der Waals surface area contributed by atoms with Gasteiger partial charge >= 0.3 is 0 Å². The van der Waals surface area contributed by atoms with Crippen molar-refractivity contribution in [2.75, 3.05) is 12.3 Å². The first kappa shape index (κ1) is 11.4. The van der Waals surface area contributed by atoms with E-state index in [1.165, 1.54) is 4.31 Å². The minimum absolute atomic E-state index is 0.0485. The van der Waals surface area contributed by atoms with Crippen LogP contribution in [0.1, 0.15) is 20.8 Å². The summed E-state index contributed by atoms with van der Waals surface area (Å²) in [6, 6.07) is 1.69. The highest BCUT2D eigenvalue weighted by Crippen LogP contribution is 2.05. The molecule has 0 aromatic heterocycles. The molecule has 0 saturated carbocycles. The highest BCUT2D eigenvalue weighted by atomic mass is 32.2. The largest absolute Gasteiger partial charge is 0.215 e. The summed E-state index contributed by atoms with van der Waals surface area (Å²) < 4.78 is 23.8. The molecule has 0 aliphatic heterocycles. The smallest absolute Gasteiger partial charge is 0.212 e. The quantitative estimate of drug-likeness (QED) is 0.609. The van der Waals surface area contributed by atoms with Crippen LogP contribution in [-0.2, 0) is 10.0 Å². The summed E-state index contributed by atoms with van der Waals surface area (Å²) in [5.41, 5.74) is 0. The number of sulfonamides is 1. The monoisotopic (exact) mass is 190 g/mol. The summed E-state index contributed by atoms with van der Waals surface area (Å²) in [7, 11) is -3.21. The van der Waals surface area contributed by atoms with Gasteiger partial charge in [-0.3, -0.25) is 0 Å². The van der Waals surface area contributed by atoms with Crippen LogP contribution in [0.25, 0.3) is 0 Å². The Hall–Kier alpha value is -0.600. The Morgan fingerprint density at radius 3 is 2.25 bits per heavy atom. The highest BCUT2D eigenvalue weighted by molar-refractivity contribution is 7.89. The van der Waals surface area contributed by atoms with Gasteiger partial charge in [0.05, 0.1) is 11.8 Å². The third-order valence-corrected chi connectivity index (χ3v) is 3.52. The molecule has 0 amide bonds. The first-order valence-corrected chi connectivity index (χ1v) is 5.43. The van der Waals surface area contributed by atoms with Crippen LogP contribution in [0.5, 0.6) is 0 Å². The van der Waals surface area contributed by atoms with Crippen LogP contribution in [0.15, 0.2) is 0 Å². The third-order valence-electron chi connectivity index (χ3n) is 1.52. The van der Waals surface area contributed by atoms with Crippen molar-refractivity contribution in [3.05, 3.63) is 0 Å². The van der Waals surface area contributed by atoms with Gasteiger partial charge in [-0.2, -0.15) is 9.57 Å². The van der Waals surface area contributed by atoms with Gasteiger partial charge in [-0.1, -0.05) is 0 Å². The lowest BCUT2D eigenvalue weighted by molar-refractivity contribution is 0.386. The van der Waals surface area contributed by atoms with Gasteiger partial charge in [0.2, 0.25) is 10.0 Å². The Kier molecular flexibility index (Phi) is 4.21. The fourth-order valence-corrected chi connectivity index (χ4v) is 2.07. The van der Waals surface area contributed by atoms with E-state index in [0.717, 1.165) is 0 Å². The summed E-state index contributed by atoms with van der Waals surface area (Å²) in [4.78, 5) is 0. The molecule has 0 aliphatic carbocycles. The molecule has 0 fully saturated rings. The van der Waals surface area contributed by atoms with Crippen molar-refractivity contribution >= 4 is 10.0 Å². The first-order valence-electron chi connectivity index (χ1n) is 3.82. The van der Waals surface area contributed by atoms with Crippen molar-refractivity contribution in [3.8, 4) is 6.07 Å². The molecular formula is C7H14N2O2S. The fraction of sp³-hybridized carbons (Fsp3) is 0.857. The molecule has 70 valence electrons. The number of nitrogens with zero attached hydrogens (tertiary/aromatic N) is 2. The van der Waals surface area contributed by atoms with Crippen LogP contribution in [0.3, 0.4) is 0 Å². The Labute approximate surface area is 73.8 Å². The lowest BCUT2D eigenvalue weighted by atomic mass is 10.4. The second-order valence-electron chi connectivity index (χ2n) is 2.70. The minimum atomic E-state index is -3.21. The average Bonchev–Trinajstić information content (AvgIpc) is 1.99. The molecule has 0 saturated heterocycles. The van der Waals surface area contributed by atoms with Crippen LogP contribution >= 0.6 is 0 Å². The fourth-order valence-electron chi connectivity index (χ4n) is 0.838. The van der Waals surface area contributed by atoms with Crippen molar-refractivity contribution < 1.29 is 8.42 Å². The Morgan fingerprint density at radius 2 is 2.00 bits per heavy atom. The summed E-state index contributed by atoms with van der Waals surface area (Å²) in [5.74, 6) is 0.0485. The Morgan fingerprint density at radius 1 is 1.50 bits per heavy atom. The SMILES string of the molecule is CCS(=O)(=O)N(CC#N)C(C)C. The maximum absolute atomic E-state index is 11.3. The van der Waals surface area contributed by atoms with Crippen LogP contribution < -0.4 is 0 Å². The lowest BCUT2D eigenvalue weighted by Crippen LogP contribution is -2.38. The van der Waals surface area contributed by atoms with Crippen LogP contribution in [0.4, 0.5) is 0 Å². The summed E-state index contributed by atoms with van der Waals surface area (Å²) in [6.07, 6.45) is 0. The molecule has 4 nitrogen and oxygen atoms in total. The molecule has 0 spiro atoms. The number of rotatable bonds is 4. The molecule has 0 unspecified atom stereocenters. The van der Waals surface area contributed by atoms with Crippen molar-refractivity contribution in [2.24, 2.45) is 0 Å². The third kappa shape index (κ3) is 2.80. The summed E-state index contributed by atoms with van der Waals surface area (Å²) in [6.45, 7) is 5.02. The van der Waals surface area contributed by atoms with Crippen molar-refractivity contribution in [1.82, 2.24) is 4.31 Å². The van der Waals surface area contributed by atoms with Crippen molar-refractivity contribution in [1.29, 1.82) is 5.26 Å². The maximum atomic E-state index is 11.3. The van der Waals surface area contributed by atoms with Crippen LogP contribution in [0.2, 0.25) is 0 Å². The normalized spacial score (nSPS) is 12.0. The molecule has 0 radical (unpaired) electrons. The first-order chi connectivity index (χ1) is 5.45. The van der Waals surface area contributed by atoms with E-state index in [9.17, 15) is 8.42 Å². The molecule has 12 heavy (non-hydrogen) atoms. The van der Waals surface area contributed by atoms with Crippen molar-refractivity contribution in [2.45, 2.75) is 26.8 Å². The minimum Gasteiger partial charge on any atom is -0.212 e. The lowest BCUT2D eigenvalue weighted by Gasteiger charge is -2.21. The van der Waals surface area contributed by atoms with E-state index in [2.05, 4.69) is 0 Å². The Balaban J connectivity index is 4.66. The second-order valence-corrected chi connectivity index (χ2v) is 4.91. The number of nitriles is 1. The van der Waals surface area contributed by atoms with E-state index in [1.54, 1.807) is 20.8 Å². The van der Waals surface area contributed by atoms with E-state index in [-0.39, 0.29) is 18.3 Å². The second kappa shape index (κ2) is 4.43. The van der Waals surface area contributed by atoms with Gasteiger partial charge in [0.25, 0.3) is 0 Å². The summed E-state index contributed by atoms with van der Waals surface area (Å²) in [5, 5.41) is 8.39. The van der Waals surface area contributed by atoms with Gasteiger partial charge in [-0.05, 0) is 20.8 Å². The van der Waals surface area contributed by atoms with Gasteiger partial charge in [-0.25, -0.2) is 8.42 Å². The topological polar surface area (TPSA) is 61.2 Å². The zero-order valence-corrected chi connectivity index (χ0v) is 8.43. The number of hydrogen-bond donors (Lipinski definition) is 0. The summed E-state index contributed by atoms with van der Waals surface area (Å²) >= 11 is 0. The maximum Gasteiger partial charge on any atom is 0.215 e. The van der Waals surface area contributed by atoms with E-state index < -0.39 is 10.0 Å². The Bertz CT molecular complexity index is 264. The molecule has 0 rings (SSSR count). The molecule has 0 aromatic carbocycles. The molecule has 0 aliphatic rings. The van der Waals surface area contributed by atoms with E-state index >= 15 is 0 Å². The van der Waals surface area contributed by atoms with E-state index in [4.69, 9.17) is 5.26 Å². The zero-order chi connectivity index (χ0) is 9.78. The highest BCUT2D eigenvalue weighted by Gasteiger charge is 2.21. The van der Waals surface area contributed by atoms with Gasteiger partial charge in [0.1, 0.15) is 6.54 Å². The predicted octanol–water partition coefficient (Wildman–Crippen LogP) is 0.570. The van der Waals surface area contributed by atoms with Gasteiger partial charge in [0.15, 0.2) is 0 Å². The number of hydrogen-bond acceptors (Lipinski definition) is 3. The molecule has 5 heteroatoms. The standard InChI is InChI=1S/C7H14N2O2S/c1-4-12(10,11)9(6-5-8)7(2)3/h7H,4,6H2,1-3H3. The van der Waals surface area contributed by atoms with Crippen LogP contribution in [0, 0.1) is 11.3 Å². The average molecular weight is 190 g/mol. The molecule has 0 heterocycles. The predicted molar refractivity (Wildman–Crippen MR) is 46.9 cm³/mol.